The van der Waals surface area contributed by atoms with E-state index in [0.717, 1.165) is 48.5 Å². The summed E-state index contributed by atoms with van der Waals surface area (Å²) in [5.74, 6) is 1.30. The Hall–Kier alpha value is -2.53. The van der Waals surface area contributed by atoms with Gasteiger partial charge in [0.05, 0.1) is 23.0 Å². The van der Waals surface area contributed by atoms with Crippen LogP contribution in [0.1, 0.15) is 31.7 Å². The van der Waals surface area contributed by atoms with Gasteiger partial charge in [-0.15, -0.1) is 11.8 Å². The molecule has 5 heteroatoms. The highest BCUT2D eigenvalue weighted by molar-refractivity contribution is 8.00. The highest BCUT2D eigenvalue weighted by Gasteiger charge is 2.30. The molecule has 0 radical (unpaired) electrons. The van der Waals surface area contributed by atoms with Gasteiger partial charge < -0.3 is 4.90 Å². The minimum Gasteiger partial charge on any atom is -0.330 e. The number of benzene rings is 2. The van der Waals surface area contributed by atoms with Crippen molar-refractivity contribution >= 4 is 17.7 Å². The Kier molecular flexibility index (Phi) is 6.35. The van der Waals surface area contributed by atoms with Crippen molar-refractivity contribution < 1.29 is 4.79 Å². The van der Waals surface area contributed by atoms with Crippen molar-refractivity contribution in [3.05, 3.63) is 72.4 Å². The van der Waals surface area contributed by atoms with Crippen molar-refractivity contribution in [2.24, 2.45) is 0 Å². The van der Waals surface area contributed by atoms with Crippen molar-refractivity contribution in [2.45, 2.75) is 38.0 Å². The molecule has 150 valence electrons. The van der Waals surface area contributed by atoms with Crippen LogP contribution >= 0.6 is 11.8 Å². The van der Waals surface area contributed by atoms with Gasteiger partial charge in [0.25, 0.3) is 0 Å². The number of nitrogens with zero attached hydrogens (tertiary/aromatic N) is 3. The predicted molar refractivity (Wildman–Crippen MR) is 120 cm³/mol. The van der Waals surface area contributed by atoms with E-state index in [1.165, 1.54) is 5.56 Å². The largest absolute Gasteiger partial charge is 0.330 e. The smallest absolute Gasteiger partial charge is 0.223 e. The van der Waals surface area contributed by atoms with E-state index in [-0.39, 0.29) is 5.37 Å². The van der Waals surface area contributed by atoms with Crippen molar-refractivity contribution in [1.29, 1.82) is 0 Å². The number of carbonyl (C=O) groups is 1. The molecule has 1 aromatic heterocycles. The van der Waals surface area contributed by atoms with Crippen LogP contribution in [-0.2, 0) is 11.2 Å². The molecule has 29 heavy (non-hydrogen) atoms. The van der Waals surface area contributed by atoms with Crippen LogP contribution in [0, 0.1) is 0 Å². The maximum atomic E-state index is 12.7. The van der Waals surface area contributed by atoms with Gasteiger partial charge >= 0.3 is 0 Å². The molecular formula is C24H27N3OS. The van der Waals surface area contributed by atoms with Gasteiger partial charge in [0.2, 0.25) is 5.91 Å². The zero-order chi connectivity index (χ0) is 20.1. The summed E-state index contributed by atoms with van der Waals surface area (Å²) >= 11 is 1.88. The Morgan fingerprint density at radius 2 is 1.83 bits per heavy atom. The molecule has 4 nitrogen and oxygen atoms in total. The molecule has 0 bridgehead atoms. The van der Waals surface area contributed by atoms with Gasteiger partial charge in [-0.05, 0) is 18.6 Å². The second kappa shape index (κ2) is 9.31. The molecule has 0 aliphatic carbocycles. The quantitative estimate of drug-likeness (QED) is 0.544. The van der Waals surface area contributed by atoms with Crippen LogP contribution in [0.4, 0.5) is 0 Å². The van der Waals surface area contributed by atoms with Gasteiger partial charge in [0, 0.05) is 36.3 Å². The normalized spacial score (nSPS) is 16.3. The van der Waals surface area contributed by atoms with Crippen LogP contribution in [0.5, 0.6) is 0 Å². The molecule has 1 amide bonds. The zero-order valence-corrected chi connectivity index (χ0v) is 17.6. The third kappa shape index (κ3) is 4.40. The summed E-state index contributed by atoms with van der Waals surface area (Å²) in [6, 6.07) is 20.7. The molecule has 0 N–H and O–H groups in total. The van der Waals surface area contributed by atoms with Crippen molar-refractivity contribution in [3.63, 3.8) is 0 Å². The molecule has 1 unspecified atom stereocenters. The topological polar surface area (TPSA) is 38.1 Å². The average Bonchev–Trinajstić information content (AvgIpc) is 3.41. The molecule has 1 fully saturated rings. The zero-order valence-electron chi connectivity index (χ0n) is 16.8. The standard InChI is InChI=1S/C24H27N3OS/c1-2-3-14-22(28)26-15-16-29-23(26)17-20-18-25-27(21-12-8-5-9-13-21)24(20)19-10-6-4-7-11-19/h4-13,18,23H,2-3,14-17H2,1H3. The number of para-hydroxylation sites is 1. The first-order chi connectivity index (χ1) is 14.3. The monoisotopic (exact) mass is 405 g/mol. The molecule has 0 spiro atoms. The lowest BCUT2D eigenvalue weighted by molar-refractivity contribution is -0.131. The van der Waals surface area contributed by atoms with Crippen LogP contribution in [0.2, 0.25) is 0 Å². The summed E-state index contributed by atoms with van der Waals surface area (Å²) < 4.78 is 2.02. The Labute approximate surface area is 176 Å². The molecule has 1 atom stereocenters. The fourth-order valence-electron chi connectivity index (χ4n) is 3.84. The second-order valence-electron chi connectivity index (χ2n) is 7.35. The molecule has 2 aromatic carbocycles. The van der Waals surface area contributed by atoms with Crippen molar-refractivity contribution in [1.82, 2.24) is 14.7 Å². The number of carbonyl (C=O) groups excluding carboxylic acids is 1. The van der Waals surface area contributed by atoms with E-state index in [1.807, 2.05) is 46.9 Å². The third-order valence-corrected chi connectivity index (χ3v) is 6.57. The number of unbranched alkanes of at least 4 members (excludes halogenated alkanes) is 1. The number of hydrogen-bond acceptors (Lipinski definition) is 3. The summed E-state index contributed by atoms with van der Waals surface area (Å²) in [5, 5.41) is 4.92. The van der Waals surface area contributed by atoms with E-state index in [9.17, 15) is 4.79 Å². The van der Waals surface area contributed by atoms with Crippen LogP contribution in [0.15, 0.2) is 66.9 Å². The van der Waals surface area contributed by atoms with Gasteiger partial charge in [0.1, 0.15) is 0 Å². The van der Waals surface area contributed by atoms with Crippen molar-refractivity contribution in [2.75, 3.05) is 12.3 Å². The highest BCUT2D eigenvalue weighted by atomic mass is 32.2. The second-order valence-corrected chi connectivity index (χ2v) is 8.64. The molecule has 1 saturated heterocycles. The number of aromatic nitrogens is 2. The maximum absolute atomic E-state index is 12.7. The number of hydrogen-bond donors (Lipinski definition) is 0. The molecular weight excluding hydrogens is 378 g/mol. The molecule has 4 rings (SSSR count). The van der Waals surface area contributed by atoms with Crippen molar-refractivity contribution in [3.8, 4) is 16.9 Å². The Morgan fingerprint density at radius 1 is 1.10 bits per heavy atom. The molecule has 1 aliphatic rings. The highest BCUT2D eigenvalue weighted by Crippen LogP contribution is 2.33. The summed E-state index contributed by atoms with van der Waals surface area (Å²) in [4.78, 5) is 14.8. The van der Waals surface area contributed by atoms with Gasteiger partial charge in [-0.2, -0.15) is 5.10 Å². The molecule has 0 saturated carbocycles. The van der Waals surface area contributed by atoms with Gasteiger partial charge in [0.15, 0.2) is 0 Å². The first-order valence-electron chi connectivity index (χ1n) is 10.4. The summed E-state index contributed by atoms with van der Waals surface area (Å²) in [6.45, 7) is 2.99. The van der Waals surface area contributed by atoms with E-state index >= 15 is 0 Å². The Bertz CT molecular complexity index is 939. The van der Waals surface area contributed by atoms with E-state index in [1.54, 1.807) is 0 Å². The van der Waals surface area contributed by atoms with Crippen LogP contribution in [0.3, 0.4) is 0 Å². The summed E-state index contributed by atoms with van der Waals surface area (Å²) in [6.07, 6.45) is 5.47. The van der Waals surface area contributed by atoms with E-state index in [0.29, 0.717) is 12.3 Å². The van der Waals surface area contributed by atoms with E-state index in [4.69, 9.17) is 5.10 Å². The lowest BCUT2D eigenvalue weighted by atomic mass is 10.0. The first-order valence-corrected chi connectivity index (χ1v) is 11.4. The van der Waals surface area contributed by atoms with Crippen LogP contribution < -0.4 is 0 Å². The molecule has 2 heterocycles. The first kappa shape index (κ1) is 19.8. The number of rotatable bonds is 7. The lowest BCUT2D eigenvalue weighted by Crippen LogP contribution is -2.35. The van der Waals surface area contributed by atoms with E-state index in [2.05, 4.69) is 48.2 Å². The summed E-state index contributed by atoms with van der Waals surface area (Å²) in [5.41, 5.74) is 4.50. The molecule has 3 aromatic rings. The van der Waals surface area contributed by atoms with Gasteiger partial charge in [-0.25, -0.2) is 4.68 Å². The Morgan fingerprint density at radius 3 is 2.55 bits per heavy atom. The van der Waals surface area contributed by atoms with Crippen LogP contribution in [-0.4, -0.2) is 38.3 Å². The maximum Gasteiger partial charge on any atom is 0.223 e. The number of thioether (sulfide) groups is 1. The minimum absolute atomic E-state index is 0.190. The lowest BCUT2D eigenvalue weighted by Gasteiger charge is -2.24. The Balaban J connectivity index is 1.66. The predicted octanol–water partition coefficient (Wildman–Crippen LogP) is 5.17. The minimum atomic E-state index is 0.190. The SMILES string of the molecule is CCCCC(=O)N1CCSC1Cc1cnn(-c2ccccc2)c1-c1ccccc1. The van der Waals surface area contributed by atoms with Gasteiger partial charge in [-0.1, -0.05) is 61.9 Å². The number of amides is 1. The summed E-state index contributed by atoms with van der Waals surface area (Å²) in [7, 11) is 0. The van der Waals surface area contributed by atoms with Crippen LogP contribution in [0.25, 0.3) is 16.9 Å². The third-order valence-electron chi connectivity index (χ3n) is 5.34. The fourth-order valence-corrected chi connectivity index (χ4v) is 5.11. The fraction of sp³-hybridized carbons (Fsp3) is 0.333. The molecule has 1 aliphatic heterocycles. The van der Waals surface area contributed by atoms with Gasteiger partial charge in [-0.3, -0.25) is 4.79 Å². The average molecular weight is 406 g/mol. The van der Waals surface area contributed by atoms with E-state index < -0.39 is 0 Å².